The van der Waals surface area contributed by atoms with Crippen LogP contribution < -0.4 is 10.9 Å². The van der Waals surface area contributed by atoms with Crippen molar-refractivity contribution in [2.75, 3.05) is 13.1 Å². The van der Waals surface area contributed by atoms with Crippen molar-refractivity contribution in [2.24, 2.45) is 10.2 Å². The van der Waals surface area contributed by atoms with E-state index in [1.165, 1.54) is 12.2 Å². The smallest absolute Gasteiger partial charge is 0.258 e. The Bertz CT molecular complexity index is 172. The molecule has 0 spiro atoms. The number of hydrazone groups is 2. The van der Waals surface area contributed by atoms with Crippen LogP contribution in [0.2, 0.25) is 0 Å². The third-order valence-corrected chi connectivity index (χ3v) is 1.08. The second-order valence-electron chi connectivity index (χ2n) is 1.93. The summed E-state index contributed by atoms with van der Waals surface area (Å²) in [6.07, 6.45) is 4.39. The van der Waals surface area contributed by atoms with Gasteiger partial charge in [0.05, 0.1) is 0 Å². The second-order valence-corrected chi connectivity index (χ2v) is 1.93. The van der Waals surface area contributed by atoms with E-state index in [2.05, 4.69) is 21.1 Å². The van der Waals surface area contributed by atoms with E-state index in [1.807, 2.05) is 0 Å². The van der Waals surface area contributed by atoms with Gasteiger partial charge in [-0.05, 0) is 12.8 Å². The highest BCUT2D eigenvalue weighted by molar-refractivity contribution is 5.32. The van der Waals surface area contributed by atoms with Gasteiger partial charge in [0.15, 0.2) is 0 Å². The molecule has 0 amide bonds. The molecule has 0 saturated heterocycles. The Balaban J connectivity index is 3.00. The van der Waals surface area contributed by atoms with E-state index >= 15 is 0 Å². The van der Waals surface area contributed by atoms with Crippen LogP contribution in [0.25, 0.3) is 0 Å². The van der Waals surface area contributed by atoms with E-state index in [1.54, 1.807) is 0 Å². The third-order valence-electron chi connectivity index (χ3n) is 1.08. The average molecular weight is 170 g/mol. The van der Waals surface area contributed by atoms with Crippen LogP contribution in [-0.4, -0.2) is 25.2 Å². The van der Waals surface area contributed by atoms with E-state index in [0.29, 0.717) is 13.1 Å². The van der Waals surface area contributed by atoms with Crippen LogP contribution in [0.3, 0.4) is 0 Å². The first-order chi connectivity index (χ1) is 5.91. The lowest BCUT2D eigenvalue weighted by Crippen LogP contribution is -2.11. The number of nitrogens with one attached hydrogen (secondary N) is 2. The largest absolute Gasteiger partial charge is 0.299 e. The Labute approximate surface area is 69.7 Å². The first-order valence-electron chi connectivity index (χ1n) is 3.51. The van der Waals surface area contributed by atoms with Gasteiger partial charge < -0.3 is 0 Å². The highest BCUT2D eigenvalue weighted by Gasteiger charge is 1.85. The van der Waals surface area contributed by atoms with Gasteiger partial charge in [-0.25, -0.2) is 9.59 Å². The number of nitrogens with zero attached hydrogens (tertiary/aromatic N) is 2. The average Bonchev–Trinajstić information content (AvgIpc) is 2.10. The van der Waals surface area contributed by atoms with Gasteiger partial charge in [-0.3, -0.25) is 10.9 Å². The van der Waals surface area contributed by atoms with Crippen molar-refractivity contribution in [3.05, 3.63) is 0 Å². The van der Waals surface area contributed by atoms with Gasteiger partial charge in [0.25, 0.3) is 12.2 Å². The number of isocyanates is 2. The summed E-state index contributed by atoms with van der Waals surface area (Å²) in [5, 5.41) is 6.29. The van der Waals surface area contributed by atoms with E-state index < -0.39 is 0 Å². The normalized spacial score (nSPS) is 7.67. The molecule has 0 fully saturated rings. The molecule has 0 saturated carbocycles. The van der Waals surface area contributed by atoms with E-state index in [9.17, 15) is 9.59 Å². The van der Waals surface area contributed by atoms with Crippen LogP contribution in [0.1, 0.15) is 12.8 Å². The van der Waals surface area contributed by atoms with E-state index in [4.69, 9.17) is 0 Å². The standard InChI is InChI=1S/C6H10N4O2/c11-5-9-7-3-1-2-4-8-10-6-12/h7-8H,1-4H2. The molecule has 0 aromatic heterocycles. The topological polar surface area (TPSA) is 82.9 Å². The first-order valence-corrected chi connectivity index (χ1v) is 3.51. The van der Waals surface area contributed by atoms with Crippen LogP contribution in [0.4, 0.5) is 0 Å². The fourth-order valence-corrected chi connectivity index (χ4v) is 0.584. The predicted molar refractivity (Wildman–Crippen MR) is 41.5 cm³/mol. The zero-order valence-electron chi connectivity index (χ0n) is 6.54. The molecule has 6 nitrogen and oxygen atoms in total. The number of carbonyl (C=O) groups excluding carboxylic acids is 2. The third kappa shape index (κ3) is 8.36. The summed E-state index contributed by atoms with van der Waals surface area (Å²) in [4.78, 5) is 19.1. The molecule has 2 N–H and O–H groups in total. The molecule has 0 atom stereocenters. The van der Waals surface area contributed by atoms with Crippen molar-refractivity contribution in [2.45, 2.75) is 12.8 Å². The lowest BCUT2D eigenvalue weighted by Gasteiger charge is -1.97. The Kier molecular flexibility index (Phi) is 8.08. The molecule has 0 unspecified atom stereocenters. The SMILES string of the molecule is O=C=NNCCCCNN=C=O. The predicted octanol–water partition coefficient (Wildman–Crippen LogP) is -0.553. The molecule has 0 aliphatic heterocycles. The van der Waals surface area contributed by atoms with Gasteiger partial charge >= 0.3 is 0 Å². The molecule has 0 radical (unpaired) electrons. The van der Waals surface area contributed by atoms with Crippen molar-refractivity contribution in [3.63, 3.8) is 0 Å². The quantitative estimate of drug-likeness (QED) is 0.232. The Morgan fingerprint density at radius 3 is 1.67 bits per heavy atom. The summed E-state index contributed by atoms with van der Waals surface area (Å²) in [5.74, 6) is 0. The summed E-state index contributed by atoms with van der Waals surface area (Å²) in [7, 11) is 0. The fourth-order valence-electron chi connectivity index (χ4n) is 0.584. The van der Waals surface area contributed by atoms with Crippen LogP contribution in [0.5, 0.6) is 0 Å². The summed E-state index contributed by atoms with van der Waals surface area (Å²) in [5.41, 5.74) is 4.98. The Morgan fingerprint density at radius 2 is 1.33 bits per heavy atom. The van der Waals surface area contributed by atoms with Crippen molar-refractivity contribution in [3.8, 4) is 0 Å². The number of rotatable bonds is 7. The minimum absolute atomic E-state index is 0.613. The summed E-state index contributed by atoms with van der Waals surface area (Å²) in [6, 6.07) is 0. The first kappa shape index (κ1) is 10.4. The molecule has 12 heavy (non-hydrogen) atoms. The molecule has 0 aromatic rings. The summed E-state index contributed by atoms with van der Waals surface area (Å²) in [6.45, 7) is 1.23. The lowest BCUT2D eigenvalue weighted by molar-refractivity contribution is 0.547. The molecule has 0 aliphatic rings. The van der Waals surface area contributed by atoms with Gasteiger partial charge in [0.2, 0.25) is 0 Å². The maximum atomic E-state index is 9.55. The van der Waals surface area contributed by atoms with Crippen LogP contribution in [0, 0.1) is 0 Å². The van der Waals surface area contributed by atoms with Crippen LogP contribution in [-0.2, 0) is 9.59 Å². The highest BCUT2D eigenvalue weighted by Crippen LogP contribution is 1.83. The van der Waals surface area contributed by atoms with Crippen LogP contribution in [0.15, 0.2) is 10.2 Å². The maximum Gasteiger partial charge on any atom is 0.258 e. The summed E-state index contributed by atoms with van der Waals surface area (Å²) < 4.78 is 0. The zero-order valence-corrected chi connectivity index (χ0v) is 6.54. The molecule has 6 heteroatoms. The van der Waals surface area contributed by atoms with Crippen molar-refractivity contribution >= 4 is 12.2 Å². The molecule has 0 rings (SSSR count). The molecule has 0 bridgehead atoms. The number of unbranched alkanes of at least 4 members (excludes halogenated alkanes) is 1. The minimum atomic E-state index is 0.613. The highest BCUT2D eigenvalue weighted by atomic mass is 16.1. The molecular weight excluding hydrogens is 160 g/mol. The zero-order chi connectivity index (χ0) is 9.07. The van der Waals surface area contributed by atoms with Crippen molar-refractivity contribution < 1.29 is 9.59 Å². The molecular formula is C6H10N4O2. The fraction of sp³-hybridized carbons (Fsp3) is 0.667. The van der Waals surface area contributed by atoms with E-state index in [-0.39, 0.29) is 0 Å². The second kappa shape index (κ2) is 9.36. The Hall–Kier alpha value is -1.64. The van der Waals surface area contributed by atoms with Gasteiger partial charge in [-0.1, -0.05) is 10.2 Å². The molecule has 0 aromatic carbocycles. The Morgan fingerprint density at radius 1 is 0.917 bits per heavy atom. The van der Waals surface area contributed by atoms with Crippen molar-refractivity contribution in [1.82, 2.24) is 10.9 Å². The molecule has 66 valence electrons. The molecule has 0 aliphatic carbocycles. The lowest BCUT2D eigenvalue weighted by atomic mass is 10.3. The number of hydrogen-bond donors (Lipinski definition) is 2. The monoisotopic (exact) mass is 170 g/mol. The summed E-state index contributed by atoms with van der Waals surface area (Å²) >= 11 is 0. The molecule has 0 heterocycles. The van der Waals surface area contributed by atoms with Gasteiger partial charge in [0, 0.05) is 13.1 Å². The van der Waals surface area contributed by atoms with Crippen LogP contribution >= 0.6 is 0 Å². The maximum absolute atomic E-state index is 9.55. The van der Waals surface area contributed by atoms with Gasteiger partial charge in [0.1, 0.15) is 0 Å². The van der Waals surface area contributed by atoms with Crippen molar-refractivity contribution in [1.29, 1.82) is 0 Å². The minimum Gasteiger partial charge on any atom is -0.299 e. The van der Waals surface area contributed by atoms with Gasteiger partial charge in [-0.15, -0.1) is 0 Å². The van der Waals surface area contributed by atoms with Gasteiger partial charge in [-0.2, -0.15) is 0 Å². The number of hydrogen-bond acceptors (Lipinski definition) is 6. The van der Waals surface area contributed by atoms with E-state index in [0.717, 1.165) is 12.8 Å².